The molecule has 0 fully saturated rings. The van der Waals surface area contributed by atoms with Crippen LogP contribution in [0.15, 0.2) is 36.4 Å². The third kappa shape index (κ3) is 3.86. The van der Waals surface area contributed by atoms with Gasteiger partial charge in [0.05, 0.1) is 7.11 Å². The Bertz CT molecular complexity index is 634. The van der Waals surface area contributed by atoms with E-state index >= 15 is 0 Å². The first-order valence-corrected chi connectivity index (χ1v) is 6.93. The highest BCUT2D eigenvalue weighted by molar-refractivity contribution is 6.30. The molecule has 0 aromatic heterocycles. The van der Waals surface area contributed by atoms with Crippen molar-refractivity contribution < 1.29 is 14.2 Å². The van der Waals surface area contributed by atoms with Gasteiger partial charge in [-0.3, -0.25) is 0 Å². The molecule has 2 rings (SSSR count). The Hall–Kier alpha value is -1.78. The standard InChI is InChI=1S/C16H17ClFNO2/c1-10(11-4-3-5-14(18)7-11)19-9-12-6-13(17)8-15(21-2)16(12)20/h3-8,10,19-20H,9H2,1-2H3. The fourth-order valence-electron chi connectivity index (χ4n) is 2.08. The number of ether oxygens (including phenoxy) is 1. The molecule has 2 N–H and O–H groups in total. The van der Waals surface area contributed by atoms with Gasteiger partial charge in [0.15, 0.2) is 11.5 Å². The molecule has 0 heterocycles. The topological polar surface area (TPSA) is 41.5 Å². The highest BCUT2D eigenvalue weighted by Gasteiger charge is 2.12. The maximum Gasteiger partial charge on any atom is 0.162 e. The van der Waals surface area contributed by atoms with E-state index in [1.807, 2.05) is 13.0 Å². The van der Waals surface area contributed by atoms with E-state index in [2.05, 4.69) is 5.32 Å². The number of phenolic OH excluding ortho intramolecular Hbond substituents is 1. The third-order valence-electron chi connectivity index (χ3n) is 3.29. The van der Waals surface area contributed by atoms with E-state index in [0.29, 0.717) is 22.9 Å². The number of hydrogen-bond acceptors (Lipinski definition) is 3. The zero-order chi connectivity index (χ0) is 15.4. The van der Waals surface area contributed by atoms with Crippen molar-refractivity contribution in [1.29, 1.82) is 0 Å². The van der Waals surface area contributed by atoms with Crippen LogP contribution in [0.1, 0.15) is 24.1 Å². The van der Waals surface area contributed by atoms with Crippen molar-refractivity contribution in [3.05, 3.63) is 58.4 Å². The summed E-state index contributed by atoms with van der Waals surface area (Å²) in [4.78, 5) is 0. The van der Waals surface area contributed by atoms with E-state index in [1.54, 1.807) is 18.2 Å². The number of halogens is 2. The number of phenols is 1. The smallest absolute Gasteiger partial charge is 0.162 e. The summed E-state index contributed by atoms with van der Waals surface area (Å²) in [7, 11) is 1.47. The molecule has 0 aliphatic carbocycles. The summed E-state index contributed by atoms with van der Waals surface area (Å²) < 4.78 is 18.3. The average molecular weight is 310 g/mol. The Labute approximate surface area is 128 Å². The lowest BCUT2D eigenvalue weighted by molar-refractivity contribution is 0.369. The highest BCUT2D eigenvalue weighted by atomic mass is 35.5. The molecule has 1 unspecified atom stereocenters. The summed E-state index contributed by atoms with van der Waals surface area (Å²) in [6, 6.07) is 9.56. The van der Waals surface area contributed by atoms with E-state index in [-0.39, 0.29) is 17.6 Å². The van der Waals surface area contributed by atoms with E-state index < -0.39 is 0 Å². The predicted molar refractivity (Wildman–Crippen MR) is 81.3 cm³/mol. The van der Waals surface area contributed by atoms with E-state index in [1.165, 1.54) is 19.2 Å². The van der Waals surface area contributed by atoms with Crippen LogP contribution in [0.4, 0.5) is 4.39 Å². The predicted octanol–water partition coefficient (Wildman–Crippen LogP) is 4.04. The molecular weight excluding hydrogens is 293 g/mol. The molecule has 0 amide bonds. The fraction of sp³-hybridized carbons (Fsp3) is 0.250. The highest BCUT2D eigenvalue weighted by Crippen LogP contribution is 2.33. The number of benzene rings is 2. The van der Waals surface area contributed by atoms with Gasteiger partial charge in [0.1, 0.15) is 5.82 Å². The molecule has 0 radical (unpaired) electrons. The number of methoxy groups -OCH3 is 1. The lowest BCUT2D eigenvalue weighted by atomic mass is 10.1. The van der Waals surface area contributed by atoms with Crippen LogP contribution in [-0.2, 0) is 6.54 Å². The number of rotatable bonds is 5. The van der Waals surface area contributed by atoms with E-state index in [9.17, 15) is 9.50 Å². The molecule has 1 atom stereocenters. The molecule has 0 saturated heterocycles. The molecule has 112 valence electrons. The van der Waals surface area contributed by atoms with Crippen LogP contribution in [0.3, 0.4) is 0 Å². The van der Waals surface area contributed by atoms with Crippen molar-refractivity contribution in [2.45, 2.75) is 19.5 Å². The molecule has 0 aliphatic rings. The van der Waals surface area contributed by atoms with Gasteiger partial charge in [0.2, 0.25) is 0 Å². The van der Waals surface area contributed by atoms with Gasteiger partial charge in [0.25, 0.3) is 0 Å². The van der Waals surface area contributed by atoms with Gasteiger partial charge in [-0.2, -0.15) is 0 Å². The Kier molecular flexibility index (Phi) is 5.04. The first kappa shape index (κ1) is 15.6. The summed E-state index contributed by atoms with van der Waals surface area (Å²) in [5, 5.41) is 13.8. The summed E-state index contributed by atoms with van der Waals surface area (Å²) >= 11 is 5.99. The molecule has 0 saturated carbocycles. The van der Waals surface area contributed by atoms with Crippen molar-refractivity contribution in [3.63, 3.8) is 0 Å². The minimum Gasteiger partial charge on any atom is -0.504 e. The van der Waals surface area contributed by atoms with Gasteiger partial charge in [-0.1, -0.05) is 23.7 Å². The van der Waals surface area contributed by atoms with Gasteiger partial charge in [0, 0.05) is 29.2 Å². The second-order valence-corrected chi connectivity index (χ2v) is 5.21. The van der Waals surface area contributed by atoms with Crippen molar-refractivity contribution in [2.75, 3.05) is 7.11 Å². The van der Waals surface area contributed by atoms with Gasteiger partial charge in [-0.15, -0.1) is 0 Å². The Morgan fingerprint density at radius 1 is 1.33 bits per heavy atom. The SMILES string of the molecule is COc1cc(Cl)cc(CNC(C)c2cccc(F)c2)c1O. The molecule has 5 heteroatoms. The second-order valence-electron chi connectivity index (χ2n) is 4.77. The van der Waals surface area contributed by atoms with Crippen LogP contribution >= 0.6 is 11.6 Å². The van der Waals surface area contributed by atoms with Crippen molar-refractivity contribution in [3.8, 4) is 11.5 Å². The maximum atomic E-state index is 13.2. The molecule has 21 heavy (non-hydrogen) atoms. The summed E-state index contributed by atoms with van der Waals surface area (Å²) in [5.41, 5.74) is 1.46. The van der Waals surface area contributed by atoms with Gasteiger partial charge < -0.3 is 15.2 Å². The van der Waals surface area contributed by atoms with Crippen LogP contribution in [0.5, 0.6) is 11.5 Å². The van der Waals surface area contributed by atoms with Crippen molar-refractivity contribution in [2.24, 2.45) is 0 Å². The van der Waals surface area contributed by atoms with Crippen LogP contribution in [0.25, 0.3) is 0 Å². The van der Waals surface area contributed by atoms with Crippen LogP contribution in [0, 0.1) is 5.82 Å². The van der Waals surface area contributed by atoms with Gasteiger partial charge in [-0.25, -0.2) is 4.39 Å². The fourth-order valence-corrected chi connectivity index (χ4v) is 2.31. The summed E-state index contributed by atoms with van der Waals surface area (Å²) in [6.07, 6.45) is 0. The van der Waals surface area contributed by atoms with Crippen LogP contribution in [-0.4, -0.2) is 12.2 Å². The van der Waals surface area contributed by atoms with Crippen LogP contribution in [0.2, 0.25) is 5.02 Å². The quantitative estimate of drug-likeness (QED) is 0.875. The Morgan fingerprint density at radius 3 is 2.76 bits per heavy atom. The summed E-state index contributed by atoms with van der Waals surface area (Å²) in [5.74, 6) is 0.118. The maximum absolute atomic E-state index is 13.2. The second kappa shape index (κ2) is 6.78. The third-order valence-corrected chi connectivity index (χ3v) is 3.50. The van der Waals surface area contributed by atoms with Crippen molar-refractivity contribution in [1.82, 2.24) is 5.32 Å². The minimum absolute atomic E-state index is 0.0563. The zero-order valence-electron chi connectivity index (χ0n) is 11.9. The normalized spacial score (nSPS) is 12.2. The first-order valence-electron chi connectivity index (χ1n) is 6.55. The number of nitrogens with one attached hydrogen (secondary N) is 1. The van der Waals surface area contributed by atoms with Gasteiger partial charge >= 0.3 is 0 Å². The molecular formula is C16H17ClFNO2. The summed E-state index contributed by atoms with van der Waals surface area (Å²) in [6.45, 7) is 2.31. The van der Waals surface area contributed by atoms with Crippen molar-refractivity contribution >= 4 is 11.6 Å². The zero-order valence-corrected chi connectivity index (χ0v) is 12.6. The number of hydrogen-bond donors (Lipinski definition) is 2. The van der Waals surface area contributed by atoms with Gasteiger partial charge in [-0.05, 0) is 30.7 Å². The largest absolute Gasteiger partial charge is 0.504 e. The van der Waals surface area contributed by atoms with E-state index in [4.69, 9.17) is 16.3 Å². The molecule has 0 bridgehead atoms. The minimum atomic E-state index is -0.270. The van der Waals surface area contributed by atoms with E-state index in [0.717, 1.165) is 5.56 Å². The Balaban J connectivity index is 2.11. The Morgan fingerprint density at radius 2 is 2.10 bits per heavy atom. The lowest BCUT2D eigenvalue weighted by Crippen LogP contribution is -2.18. The molecule has 2 aromatic rings. The molecule has 0 aliphatic heterocycles. The first-order chi connectivity index (χ1) is 10.0. The molecule has 3 nitrogen and oxygen atoms in total. The average Bonchev–Trinajstić information content (AvgIpc) is 2.47. The molecule has 0 spiro atoms. The van der Waals surface area contributed by atoms with Crippen LogP contribution < -0.4 is 10.1 Å². The monoisotopic (exact) mass is 309 g/mol. The number of aromatic hydroxyl groups is 1. The lowest BCUT2D eigenvalue weighted by Gasteiger charge is -2.16. The molecule has 2 aromatic carbocycles.